The van der Waals surface area contributed by atoms with E-state index in [1.54, 1.807) is 12.3 Å². The number of hydrogen-bond donors (Lipinski definition) is 2. The van der Waals surface area contributed by atoms with Crippen LogP contribution in [0.5, 0.6) is 0 Å². The molecule has 0 atom stereocenters. The Bertz CT molecular complexity index is 448. The van der Waals surface area contributed by atoms with Gasteiger partial charge in [0.25, 0.3) is 0 Å². The van der Waals surface area contributed by atoms with Gasteiger partial charge in [0.2, 0.25) is 0 Å². The zero-order chi connectivity index (χ0) is 13.7. The molecule has 0 radical (unpaired) electrons. The molecule has 2 N–H and O–H groups in total. The van der Waals surface area contributed by atoms with Gasteiger partial charge in [0.1, 0.15) is 10.8 Å². The van der Waals surface area contributed by atoms with Gasteiger partial charge in [0.05, 0.1) is 5.56 Å². The summed E-state index contributed by atoms with van der Waals surface area (Å²) in [4.78, 5) is 11.1. The van der Waals surface area contributed by atoms with E-state index in [9.17, 15) is 4.79 Å². The number of rotatable bonds is 5. The van der Waals surface area contributed by atoms with E-state index in [0.29, 0.717) is 16.8 Å². The average molecular weight is 281 g/mol. The van der Waals surface area contributed by atoms with E-state index in [1.807, 2.05) is 0 Å². The Morgan fingerprint density at radius 3 is 2.79 bits per heavy atom. The number of carbonyl (C=O) groups is 1. The van der Waals surface area contributed by atoms with Gasteiger partial charge in [0.15, 0.2) is 0 Å². The predicted molar refractivity (Wildman–Crippen MR) is 75.8 cm³/mol. The molecule has 0 amide bonds. The third-order valence-electron chi connectivity index (χ3n) is 3.48. The third kappa shape index (κ3) is 3.83. The van der Waals surface area contributed by atoms with Crippen LogP contribution in [-0.2, 0) is 0 Å². The molecule has 6 heteroatoms. The summed E-state index contributed by atoms with van der Waals surface area (Å²) in [5.41, 5.74) is 0.216. The molecule has 0 bridgehead atoms. The average Bonchev–Trinajstić information content (AvgIpc) is 2.46. The largest absolute Gasteiger partial charge is 0.478 e. The van der Waals surface area contributed by atoms with Gasteiger partial charge < -0.3 is 10.4 Å². The number of thioether (sulfide) groups is 1. The Morgan fingerprint density at radius 1 is 1.42 bits per heavy atom. The van der Waals surface area contributed by atoms with Crippen molar-refractivity contribution < 1.29 is 9.90 Å². The molecule has 1 aromatic rings. The first-order valence-electron chi connectivity index (χ1n) is 6.59. The lowest BCUT2D eigenvalue weighted by molar-refractivity contribution is 0.0692. The van der Waals surface area contributed by atoms with Gasteiger partial charge in [-0.15, -0.1) is 22.0 Å². The van der Waals surface area contributed by atoms with E-state index >= 15 is 0 Å². The van der Waals surface area contributed by atoms with E-state index in [-0.39, 0.29) is 5.56 Å². The Hall–Kier alpha value is -1.30. The lowest BCUT2D eigenvalue weighted by Gasteiger charge is -2.21. The minimum Gasteiger partial charge on any atom is -0.478 e. The second-order valence-electron chi connectivity index (χ2n) is 4.84. The highest BCUT2D eigenvalue weighted by molar-refractivity contribution is 7.98. The molecule has 1 aromatic heterocycles. The summed E-state index contributed by atoms with van der Waals surface area (Å²) < 4.78 is 0. The molecule has 0 saturated heterocycles. The van der Waals surface area contributed by atoms with Gasteiger partial charge >= 0.3 is 5.97 Å². The Balaban J connectivity index is 2.00. The molecule has 1 aliphatic rings. The fraction of sp³-hybridized carbons (Fsp3) is 0.615. The summed E-state index contributed by atoms with van der Waals surface area (Å²) >= 11 is 1.30. The van der Waals surface area contributed by atoms with Crippen LogP contribution in [0.2, 0.25) is 0 Å². The van der Waals surface area contributed by atoms with Crippen molar-refractivity contribution in [2.24, 2.45) is 5.92 Å². The van der Waals surface area contributed by atoms with Crippen LogP contribution in [0.1, 0.15) is 42.5 Å². The maximum Gasteiger partial charge on any atom is 0.338 e. The number of aromatic carboxylic acids is 1. The fourth-order valence-electron chi connectivity index (χ4n) is 2.41. The third-order valence-corrected chi connectivity index (χ3v) is 4.17. The summed E-state index contributed by atoms with van der Waals surface area (Å²) in [6, 6.07) is 1.57. The number of hydrogen-bond acceptors (Lipinski definition) is 5. The van der Waals surface area contributed by atoms with Gasteiger partial charge in [-0.2, -0.15) is 0 Å². The monoisotopic (exact) mass is 281 g/mol. The van der Waals surface area contributed by atoms with Crippen molar-refractivity contribution in [3.8, 4) is 0 Å². The molecular weight excluding hydrogens is 262 g/mol. The molecular formula is C13H19N3O2S. The van der Waals surface area contributed by atoms with Crippen LogP contribution in [0.4, 0.5) is 5.82 Å². The van der Waals surface area contributed by atoms with Gasteiger partial charge in [0, 0.05) is 6.54 Å². The Kier molecular flexibility index (Phi) is 5.01. The van der Waals surface area contributed by atoms with Crippen LogP contribution >= 0.6 is 11.8 Å². The lowest BCUT2D eigenvalue weighted by atomic mass is 9.89. The molecule has 1 heterocycles. The van der Waals surface area contributed by atoms with Crippen molar-refractivity contribution in [3.63, 3.8) is 0 Å². The first-order chi connectivity index (χ1) is 9.20. The van der Waals surface area contributed by atoms with Crippen LogP contribution in [0.25, 0.3) is 0 Å². The highest BCUT2D eigenvalue weighted by Gasteiger charge is 2.15. The standard InChI is InChI=1S/C13H19N3O2S/c1-19-12-10(13(17)18)7-11(15-16-12)14-8-9-5-3-2-4-6-9/h7,9H,2-6,8H2,1H3,(H,14,15)(H,17,18). The summed E-state index contributed by atoms with van der Waals surface area (Å²) in [5, 5.41) is 20.8. The lowest BCUT2D eigenvalue weighted by Crippen LogP contribution is -2.18. The molecule has 1 saturated carbocycles. The number of anilines is 1. The van der Waals surface area contributed by atoms with Gasteiger partial charge in [-0.05, 0) is 31.1 Å². The second kappa shape index (κ2) is 6.75. The fourth-order valence-corrected chi connectivity index (χ4v) is 2.90. The van der Waals surface area contributed by atoms with Crippen molar-refractivity contribution in [3.05, 3.63) is 11.6 Å². The van der Waals surface area contributed by atoms with Crippen LogP contribution < -0.4 is 5.32 Å². The normalized spacial score (nSPS) is 16.3. The van der Waals surface area contributed by atoms with E-state index in [4.69, 9.17) is 5.11 Å². The molecule has 0 aliphatic heterocycles. The second-order valence-corrected chi connectivity index (χ2v) is 5.64. The van der Waals surface area contributed by atoms with E-state index in [1.165, 1.54) is 43.9 Å². The highest BCUT2D eigenvalue weighted by atomic mass is 32.2. The van der Waals surface area contributed by atoms with Gasteiger partial charge in [-0.3, -0.25) is 0 Å². The van der Waals surface area contributed by atoms with Crippen molar-refractivity contribution in [2.45, 2.75) is 37.1 Å². The van der Waals surface area contributed by atoms with Gasteiger partial charge in [-0.1, -0.05) is 19.3 Å². The maximum absolute atomic E-state index is 11.1. The summed E-state index contributed by atoms with van der Waals surface area (Å²) in [5.74, 6) is 0.268. The molecule has 5 nitrogen and oxygen atoms in total. The maximum atomic E-state index is 11.1. The quantitative estimate of drug-likeness (QED) is 0.808. The Morgan fingerprint density at radius 2 is 2.16 bits per heavy atom. The zero-order valence-electron chi connectivity index (χ0n) is 11.1. The molecule has 0 spiro atoms. The van der Waals surface area contributed by atoms with Crippen molar-refractivity contribution in [2.75, 3.05) is 18.1 Å². The van der Waals surface area contributed by atoms with Gasteiger partial charge in [-0.25, -0.2) is 4.79 Å². The summed E-state index contributed by atoms with van der Waals surface area (Å²) in [6.45, 7) is 0.854. The molecule has 2 rings (SSSR count). The number of nitrogens with zero attached hydrogens (tertiary/aromatic N) is 2. The minimum absolute atomic E-state index is 0.216. The molecule has 0 aromatic carbocycles. The number of carboxylic acids is 1. The molecule has 1 fully saturated rings. The molecule has 19 heavy (non-hydrogen) atoms. The van der Waals surface area contributed by atoms with Crippen LogP contribution in [-0.4, -0.2) is 34.1 Å². The van der Waals surface area contributed by atoms with E-state index < -0.39 is 5.97 Å². The highest BCUT2D eigenvalue weighted by Crippen LogP contribution is 2.24. The van der Waals surface area contributed by atoms with Crippen LogP contribution in [0, 0.1) is 5.92 Å². The van der Waals surface area contributed by atoms with Crippen LogP contribution in [0.3, 0.4) is 0 Å². The molecule has 104 valence electrons. The van der Waals surface area contributed by atoms with Crippen LogP contribution in [0.15, 0.2) is 11.1 Å². The molecule has 0 unspecified atom stereocenters. The van der Waals surface area contributed by atoms with E-state index in [0.717, 1.165) is 6.54 Å². The van der Waals surface area contributed by atoms with Crippen molar-refractivity contribution in [1.29, 1.82) is 0 Å². The number of nitrogens with one attached hydrogen (secondary N) is 1. The minimum atomic E-state index is -0.958. The predicted octanol–water partition coefficient (Wildman–Crippen LogP) is 2.89. The summed E-state index contributed by atoms with van der Waals surface area (Å²) in [6.07, 6.45) is 8.21. The van der Waals surface area contributed by atoms with E-state index in [2.05, 4.69) is 15.5 Å². The Labute approximate surface area is 117 Å². The molecule has 1 aliphatic carbocycles. The van der Waals surface area contributed by atoms with Crippen molar-refractivity contribution in [1.82, 2.24) is 10.2 Å². The first-order valence-corrected chi connectivity index (χ1v) is 7.82. The SMILES string of the molecule is CSc1nnc(NCC2CCCCC2)cc1C(=O)O. The summed E-state index contributed by atoms with van der Waals surface area (Å²) in [7, 11) is 0. The zero-order valence-corrected chi connectivity index (χ0v) is 11.9. The number of aromatic nitrogens is 2. The first kappa shape index (κ1) is 14.1. The smallest absolute Gasteiger partial charge is 0.338 e. The topological polar surface area (TPSA) is 75.1 Å². The number of carboxylic acid groups (broad SMARTS) is 1. The van der Waals surface area contributed by atoms with Crippen molar-refractivity contribution >= 4 is 23.5 Å².